The minimum atomic E-state index is -4.25. The van der Waals surface area contributed by atoms with Crippen molar-refractivity contribution >= 4 is 17.2 Å². The van der Waals surface area contributed by atoms with E-state index in [9.17, 15) is 17.6 Å². The van der Waals surface area contributed by atoms with Gasteiger partial charge in [-0.1, -0.05) is 12.2 Å². The van der Waals surface area contributed by atoms with Crippen molar-refractivity contribution in [1.82, 2.24) is 4.98 Å². The average Bonchev–Trinajstić information content (AvgIpc) is 2.25. The smallest absolute Gasteiger partial charge is 0.340 e. The summed E-state index contributed by atoms with van der Waals surface area (Å²) in [4.78, 5) is 3.55. The number of nitrogens with two attached hydrogens (primary N) is 1. The van der Waals surface area contributed by atoms with Crippen molar-refractivity contribution in [2.45, 2.75) is 19.3 Å². The molecular weight excluding hydrogens is 272 g/mol. The highest BCUT2D eigenvalue weighted by molar-refractivity contribution is 7.80. The number of aromatic nitrogens is 1. The van der Waals surface area contributed by atoms with Gasteiger partial charge in [-0.15, -0.1) is 0 Å². The molecule has 1 aromatic heterocycles. The Balaban J connectivity index is 2.92. The second kappa shape index (κ2) is 5.47. The molecule has 0 amide bonds. The van der Waals surface area contributed by atoms with Crippen molar-refractivity contribution in [3.8, 4) is 5.88 Å². The van der Waals surface area contributed by atoms with Gasteiger partial charge >= 0.3 is 12.3 Å². The van der Waals surface area contributed by atoms with Crippen LogP contribution in [0.15, 0.2) is 12.3 Å². The fraction of sp³-hybridized carbons (Fsp3) is 0.400. The molecule has 0 bridgehead atoms. The van der Waals surface area contributed by atoms with Crippen molar-refractivity contribution in [2.24, 2.45) is 5.73 Å². The lowest BCUT2D eigenvalue weighted by Crippen LogP contribution is -2.34. The van der Waals surface area contributed by atoms with Crippen LogP contribution in [0.2, 0.25) is 0 Å². The van der Waals surface area contributed by atoms with Crippen LogP contribution in [0.3, 0.4) is 0 Å². The van der Waals surface area contributed by atoms with Gasteiger partial charge in [0.2, 0.25) is 5.88 Å². The number of alkyl halides is 4. The van der Waals surface area contributed by atoms with Crippen LogP contribution in [0, 0.1) is 6.92 Å². The molecule has 0 aliphatic heterocycles. The first kappa shape index (κ1) is 14.6. The summed E-state index contributed by atoms with van der Waals surface area (Å²) in [5.41, 5.74) is 6.12. The number of nitrogens with zero attached hydrogens (tertiary/aromatic N) is 1. The van der Waals surface area contributed by atoms with Gasteiger partial charge in [0.15, 0.2) is 6.61 Å². The zero-order chi connectivity index (χ0) is 13.9. The first-order chi connectivity index (χ1) is 8.25. The standard InChI is InChI=1S/C10H10F4N2OS/c1-5-2-3-16-8(6(5)7(15)18)17-4-10(13,14)9(11)12/h2-3,9H,4H2,1H3,(H2,15,18). The molecule has 1 aromatic rings. The molecule has 0 radical (unpaired) electrons. The quantitative estimate of drug-likeness (QED) is 0.665. The normalized spacial score (nSPS) is 11.7. The third kappa shape index (κ3) is 3.28. The summed E-state index contributed by atoms with van der Waals surface area (Å²) in [6.07, 6.45) is -2.52. The Bertz CT molecular complexity index is 454. The Morgan fingerprint density at radius 3 is 2.67 bits per heavy atom. The highest BCUT2D eigenvalue weighted by atomic mass is 32.1. The molecule has 1 heterocycles. The van der Waals surface area contributed by atoms with Gasteiger partial charge in [0.1, 0.15) is 4.99 Å². The van der Waals surface area contributed by atoms with Gasteiger partial charge in [-0.3, -0.25) is 0 Å². The summed E-state index contributed by atoms with van der Waals surface area (Å²) in [5, 5.41) is 0. The summed E-state index contributed by atoms with van der Waals surface area (Å²) >= 11 is 4.72. The monoisotopic (exact) mass is 282 g/mol. The van der Waals surface area contributed by atoms with Crippen molar-refractivity contribution in [3.05, 3.63) is 23.4 Å². The van der Waals surface area contributed by atoms with E-state index in [1.165, 1.54) is 6.20 Å². The van der Waals surface area contributed by atoms with E-state index in [1.54, 1.807) is 13.0 Å². The molecule has 0 unspecified atom stereocenters. The van der Waals surface area contributed by atoms with Crippen LogP contribution in [0.1, 0.15) is 11.1 Å². The molecule has 0 aliphatic carbocycles. The number of thiocarbonyl (C=S) groups is 1. The second-order valence-electron chi connectivity index (χ2n) is 3.52. The lowest BCUT2D eigenvalue weighted by molar-refractivity contribution is -0.148. The van der Waals surface area contributed by atoms with Crippen molar-refractivity contribution in [1.29, 1.82) is 0 Å². The lowest BCUT2D eigenvalue weighted by atomic mass is 10.1. The molecule has 0 spiro atoms. The molecular formula is C10H10F4N2OS. The van der Waals surface area contributed by atoms with Crippen LogP contribution >= 0.6 is 12.2 Å². The van der Waals surface area contributed by atoms with E-state index in [1.807, 2.05) is 0 Å². The molecule has 0 saturated carbocycles. The predicted octanol–water partition coefficient (Wildman–Crippen LogP) is 2.30. The third-order valence-corrected chi connectivity index (χ3v) is 2.30. The Hall–Kier alpha value is -1.44. The number of pyridine rings is 1. The highest BCUT2D eigenvalue weighted by Crippen LogP contribution is 2.25. The molecule has 3 nitrogen and oxygen atoms in total. The van der Waals surface area contributed by atoms with Gasteiger partial charge in [-0.2, -0.15) is 8.78 Å². The van der Waals surface area contributed by atoms with Crippen LogP contribution in [0.4, 0.5) is 17.6 Å². The molecule has 2 N–H and O–H groups in total. The van der Waals surface area contributed by atoms with Crippen LogP contribution in [0.25, 0.3) is 0 Å². The predicted molar refractivity (Wildman–Crippen MR) is 61.3 cm³/mol. The molecule has 0 atom stereocenters. The van der Waals surface area contributed by atoms with E-state index in [0.29, 0.717) is 5.56 Å². The van der Waals surface area contributed by atoms with E-state index < -0.39 is 19.0 Å². The second-order valence-corrected chi connectivity index (χ2v) is 3.96. The Morgan fingerprint density at radius 2 is 2.17 bits per heavy atom. The minimum absolute atomic E-state index is 0.101. The molecule has 0 aromatic carbocycles. The fourth-order valence-corrected chi connectivity index (χ4v) is 1.42. The SMILES string of the molecule is Cc1ccnc(OCC(F)(F)C(F)F)c1C(N)=S. The Morgan fingerprint density at radius 1 is 1.56 bits per heavy atom. The highest BCUT2D eigenvalue weighted by Gasteiger charge is 2.42. The Kier molecular flexibility index (Phi) is 4.44. The molecule has 100 valence electrons. The lowest BCUT2D eigenvalue weighted by Gasteiger charge is -2.17. The Labute approximate surface area is 106 Å². The van der Waals surface area contributed by atoms with Gasteiger partial charge in [-0.25, -0.2) is 13.8 Å². The molecule has 8 heteroatoms. The van der Waals surface area contributed by atoms with Crippen LogP contribution in [-0.2, 0) is 0 Å². The zero-order valence-electron chi connectivity index (χ0n) is 9.29. The average molecular weight is 282 g/mol. The van der Waals surface area contributed by atoms with Gasteiger partial charge < -0.3 is 10.5 Å². The summed E-state index contributed by atoms with van der Waals surface area (Å²) in [5.74, 6) is -4.53. The maximum Gasteiger partial charge on any atom is 0.340 e. The fourth-order valence-electron chi connectivity index (χ4n) is 1.17. The van der Waals surface area contributed by atoms with Crippen LogP contribution in [-0.4, -0.2) is 28.9 Å². The zero-order valence-corrected chi connectivity index (χ0v) is 10.1. The molecule has 0 saturated heterocycles. The van der Waals surface area contributed by atoms with E-state index in [2.05, 4.69) is 9.72 Å². The van der Waals surface area contributed by atoms with Crippen molar-refractivity contribution in [3.63, 3.8) is 0 Å². The molecule has 0 aliphatic rings. The largest absolute Gasteiger partial charge is 0.470 e. The van der Waals surface area contributed by atoms with Crippen LogP contribution < -0.4 is 10.5 Å². The van der Waals surface area contributed by atoms with E-state index in [-0.39, 0.29) is 16.4 Å². The summed E-state index contributed by atoms with van der Waals surface area (Å²) < 4.78 is 53.9. The minimum Gasteiger partial charge on any atom is -0.470 e. The van der Waals surface area contributed by atoms with Gasteiger partial charge in [0.05, 0.1) is 5.56 Å². The van der Waals surface area contributed by atoms with Crippen molar-refractivity contribution in [2.75, 3.05) is 6.61 Å². The van der Waals surface area contributed by atoms with Gasteiger partial charge in [-0.05, 0) is 18.6 Å². The topological polar surface area (TPSA) is 48.1 Å². The molecule has 1 rings (SSSR count). The number of hydrogen-bond acceptors (Lipinski definition) is 3. The maximum absolute atomic E-state index is 12.7. The number of ether oxygens (including phenoxy) is 1. The third-order valence-electron chi connectivity index (χ3n) is 2.09. The summed E-state index contributed by atoms with van der Waals surface area (Å²) in [7, 11) is 0. The maximum atomic E-state index is 12.7. The summed E-state index contributed by atoms with van der Waals surface area (Å²) in [6.45, 7) is 0.130. The van der Waals surface area contributed by atoms with Crippen molar-refractivity contribution < 1.29 is 22.3 Å². The van der Waals surface area contributed by atoms with E-state index >= 15 is 0 Å². The van der Waals surface area contributed by atoms with E-state index in [4.69, 9.17) is 18.0 Å². The molecule has 0 fully saturated rings. The number of aryl methyl sites for hydroxylation is 1. The van der Waals surface area contributed by atoms with E-state index in [0.717, 1.165) is 0 Å². The first-order valence-electron chi connectivity index (χ1n) is 4.80. The number of halogens is 4. The van der Waals surface area contributed by atoms with Gasteiger partial charge in [0.25, 0.3) is 0 Å². The molecule has 18 heavy (non-hydrogen) atoms. The van der Waals surface area contributed by atoms with Crippen LogP contribution in [0.5, 0.6) is 5.88 Å². The number of rotatable bonds is 5. The summed E-state index contributed by atoms with van der Waals surface area (Å²) in [6, 6.07) is 1.55. The first-order valence-corrected chi connectivity index (χ1v) is 5.20. The number of hydrogen-bond donors (Lipinski definition) is 1. The van der Waals surface area contributed by atoms with Gasteiger partial charge in [0, 0.05) is 6.20 Å².